The zero-order valence-electron chi connectivity index (χ0n) is 15.0. The van der Waals surface area contributed by atoms with Crippen molar-refractivity contribution in [2.24, 2.45) is 0 Å². The predicted octanol–water partition coefficient (Wildman–Crippen LogP) is 3.62. The molecule has 0 atom stereocenters. The Morgan fingerprint density at radius 2 is 2.00 bits per heavy atom. The summed E-state index contributed by atoms with van der Waals surface area (Å²) in [6.07, 6.45) is 2.43. The first-order valence-electron chi connectivity index (χ1n) is 7.96. The SMILES string of the molecule is C=CCc1cc(C)cc2c(C(C)=O)nn(CC(=O)OC(C)(C)C)c12. The van der Waals surface area contributed by atoms with E-state index in [9.17, 15) is 9.59 Å². The number of esters is 1. The molecule has 5 heteroatoms. The average Bonchev–Trinajstić information content (AvgIpc) is 2.75. The first kappa shape index (κ1) is 17.9. The van der Waals surface area contributed by atoms with Gasteiger partial charge < -0.3 is 4.74 Å². The van der Waals surface area contributed by atoms with Crippen molar-refractivity contribution in [3.8, 4) is 0 Å². The quantitative estimate of drug-likeness (QED) is 0.478. The van der Waals surface area contributed by atoms with E-state index in [1.54, 1.807) is 10.8 Å². The van der Waals surface area contributed by atoms with Gasteiger partial charge in [0.15, 0.2) is 5.78 Å². The third-order valence-electron chi connectivity index (χ3n) is 3.46. The van der Waals surface area contributed by atoms with Gasteiger partial charge in [0.2, 0.25) is 0 Å². The second-order valence-electron chi connectivity index (χ2n) is 6.96. The summed E-state index contributed by atoms with van der Waals surface area (Å²) >= 11 is 0. The molecule has 1 heterocycles. The van der Waals surface area contributed by atoms with Crippen molar-refractivity contribution in [2.45, 2.75) is 53.2 Å². The van der Waals surface area contributed by atoms with Gasteiger partial charge in [-0.25, -0.2) is 0 Å². The lowest BCUT2D eigenvalue weighted by atomic mass is 10.0. The largest absolute Gasteiger partial charge is 0.459 e. The van der Waals surface area contributed by atoms with E-state index in [2.05, 4.69) is 11.7 Å². The molecule has 0 fully saturated rings. The van der Waals surface area contributed by atoms with Crippen LogP contribution in [-0.4, -0.2) is 27.1 Å². The van der Waals surface area contributed by atoms with E-state index in [1.165, 1.54) is 6.92 Å². The average molecular weight is 328 g/mol. The van der Waals surface area contributed by atoms with E-state index in [-0.39, 0.29) is 18.3 Å². The molecule has 0 aliphatic carbocycles. The van der Waals surface area contributed by atoms with Gasteiger partial charge in [-0.2, -0.15) is 5.10 Å². The van der Waals surface area contributed by atoms with Crippen LogP contribution < -0.4 is 0 Å². The highest BCUT2D eigenvalue weighted by atomic mass is 16.6. The zero-order chi connectivity index (χ0) is 18.1. The van der Waals surface area contributed by atoms with Crippen molar-refractivity contribution in [3.63, 3.8) is 0 Å². The molecule has 0 radical (unpaired) electrons. The highest BCUT2D eigenvalue weighted by Gasteiger charge is 2.21. The Kier molecular flexibility index (Phi) is 4.92. The molecule has 0 saturated heterocycles. The molecule has 0 bridgehead atoms. The number of carbonyl (C=O) groups excluding carboxylic acids is 2. The van der Waals surface area contributed by atoms with Crippen LogP contribution in [0.4, 0.5) is 0 Å². The summed E-state index contributed by atoms with van der Waals surface area (Å²) in [5.74, 6) is -0.509. The van der Waals surface area contributed by atoms with Crippen LogP contribution in [0.2, 0.25) is 0 Å². The maximum atomic E-state index is 12.2. The summed E-state index contributed by atoms with van der Waals surface area (Å²) in [6, 6.07) is 3.96. The summed E-state index contributed by atoms with van der Waals surface area (Å²) in [6.45, 7) is 12.7. The molecule has 0 unspecified atom stereocenters. The monoisotopic (exact) mass is 328 g/mol. The second kappa shape index (κ2) is 6.59. The van der Waals surface area contributed by atoms with Crippen molar-refractivity contribution >= 4 is 22.7 Å². The van der Waals surface area contributed by atoms with Crippen LogP contribution in [0.5, 0.6) is 0 Å². The number of nitrogens with zero attached hydrogens (tertiary/aromatic N) is 2. The molecule has 5 nitrogen and oxygen atoms in total. The van der Waals surface area contributed by atoms with Crippen LogP contribution in [0.1, 0.15) is 49.3 Å². The number of ketones is 1. The summed E-state index contributed by atoms with van der Waals surface area (Å²) in [5, 5.41) is 5.14. The van der Waals surface area contributed by atoms with Crippen molar-refractivity contribution in [1.29, 1.82) is 0 Å². The molecular weight excluding hydrogens is 304 g/mol. The van der Waals surface area contributed by atoms with Gasteiger partial charge in [-0.05, 0) is 45.7 Å². The molecule has 128 valence electrons. The zero-order valence-corrected chi connectivity index (χ0v) is 15.0. The lowest BCUT2D eigenvalue weighted by molar-refractivity contribution is -0.155. The molecule has 0 N–H and O–H groups in total. The number of allylic oxidation sites excluding steroid dienone is 1. The minimum Gasteiger partial charge on any atom is -0.459 e. The number of ether oxygens (including phenoxy) is 1. The smallest absolute Gasteiger partial charge is 0.328 e. The molecule has 0 amide bonds. The van der Waals surface area contributed by atoms with Crippen LogP contribution in [0.15, 0.2) is 24.8 Å². The van der Waals surface area contributed by atoms with E-state index in [0.717, 1.165) is 22.0 Å². The van der Waals surface area contributed by atoms with Gasteiger partial charge in [-0.15, -0.1) is 6.58 Å². The molecule has 1 aromatic carbocycles. The Labute approximate surface area is 142 Å². The second-order valence-corrected chi connectivity index (χ2v) is 6.96. The fraction of sp³-hybridized carbons (Fsp3) is 0.421. The van der Waals surface area contributed by atoms with Gasteiger partial charge in [0.1, 0.15) is 17.8 Å². The lowest BCUT2D eigenvalue weighted by Crippen LogP contribution is -2.27. The minimum absolute atomic E-state index is 0.0335. The highest BCUT2D eigenvalue weighted by Crippen LogP contribution is 2.26. The molecule has 2 rings (SSSR count). The van der Waals surface area contributed by atoms with Crippen LogP contribution in [0.3, 0.4) is 0 Å². The van der Waals surface area contributed by atoms with E-state index < -0.39 is 5.60 Å². The summed E-state index contributed by atoms with van der Waals surface area (Å²) in [5.41, 5.74) is 2.63. The minimum atomic E-state index is -0.565. The van der Waals surface area contributed by atoms with Gasteiger partial charge in [-0.3, -0.25) is 14.3 Å². The van der Waals surface area contributed by atoms with Crippen molar-refractivity contribution in [2.75, 3.05) is 0 Å². The number of benzene rings is 1. The molecule has 0 saturated carbocycles. The van der Waals surface area contributed by atoms with E-state index in [0.29, 0.717) is 12.1 Å². The molecule has 0 spiro atoms. The van der Waals surface area contributed by atoms with E-state index in [1.807, 2.05) is 39.8 Å². The van der Waals surface area contributed by atoms with Gasteiger partial charge in [-0.1, -0.05) is 17.7 Å². The fourth-order valence-electron chi connectivity index (χ4n) is 2.75. The third-order valence-corrected chi connectivity index (χ3v) is 3.46. The Morgan fingerprint density at radius 1 is 1.33 bits per heavy atom. The van der Waals surface area contributed by atoms with E-state index in [4.69, 9.17) is 4.74 Å². The number of hydrogen-bond acceptors (Lipinski definition) is 4. The Morgan fingerprint density at radius 3 is 2.54 bits per heavy atom. The van der Waals surface area contributed by atoms with Crippen LogP contribution in [0.25, 0.3) is 10.9 Å². The Hall–Kier alpha value is -2.43. The summed E-state index contributed by atoms with van der Waals surface area (Å²) in [4.78, 5) is 24.2. The predicted molar refractivity (Wildman–Crippen MR) is 94.2 cm³/mol. The summed E-state index contributed by atoms with van der Waals surface area (Å²) < 4.78 is 6.95. The number of carbonyl (C=O) groups is 2. The van der Waals surface area contributed by atoms with E-state index >= 15 is 0 Å². The molecule has 0 aliphatic heterocycles. The standard InChI is InChI=1S/C19H24N2O3/c1-7-8-14-9-12(2)10-15-17(13(3)22)20-21(18(14)15)11-16(23)24-19(4,5)6/h7,9-10H,1,8,11H2,2-6H3. The Bertz CT molecular complexity index is 810. The molecule has 24 heavy (non-hydrogen) atoms. The van der Waals surface area contributed by atoms with Crippen LogP contribution in [-0.2, 0) is 22.5 Å². The third kappa shape index (κ3) is 3.91. The number of hydrogen-bond donors (Lipinski definition) is 0. The van der Waals surface area contributed by atoms with Gasteiger partial charge in [0.25, 0.3) is 0 Å². The molecule has 1 aromatic heterocycles. The number of aryl methyl sites for hydroxylation is 1. The number of fused-ring (bicyclic) bond motifs is 1. The maximum Gasteiger partial charge on any atom is 0.328 e. The first-order valence-corrected chi connectivity index (χ1v) is 7.96. The van der Waals surface area contributed by atoms with Crippen LogP contribution in [0, 0.1) is 6.92 Å². The number of aromatic nitrogens is 2. The number of Topliss-reactive ketones (excluding diaryl/α,β-unsaturated/α-hetero) is 1. The highest BCUT2D eigenvalue weighted by molar-refractivity contribution is 6.06. The number of rotatable bonds is 5. The summed E-state index contributed by atoms with van der Waals surface area (Å²) in [7, 11) is 0. The van der Waals surface area contributed by atoms with Crippen molar-refractivity contribution in [3.05, 3.63) is 41.6 Å². The van der Waals surface area contributed by atoms with Gasteiger partial charge in [0.05, 0.1) is 5.52 Å². The molecular formula is C19H24N2O3. The van der Waals surface area contributed by atoms with Crippen molar-refractivity contribution in [1.82, 2.24) is 9.78 Å². The topological polar surface area (TPSA) is 61.2 Å². The normalized spacial score (nSPS) is 11.5. The molecule has 0 aliphatic rings. The molecule has 2 aromatic rings. The first-order chi connectivity index (χ1) is 11.1. The maximum absolute atomic E-state index is 12.2. The lowest BCUT2D eigenvalue weighted by Gasteiger charge is -2.19. The Balaban J connectivity index is 2.58. The van der Waals surface area contributed by atoms with Gasteiger partial charge in [0, 0.05) is 12.3 Å². The van der Waals surface area contributed by atoms with Gasteiger partial charge >= 0.3 is 5.97 Å². The van der Waals surface area contributed by atoms with Crippen molar-refractivity contribution < 1.29 is 14.3 Å². The fourth-order valence-corrected chi connectivity index (χ4v) is 2.75. The van der Waals surface area contributed by atoms with Crippen LogP contribution >= 0.6 is 0 Å².